The average Bonchev–Trinajstić information content (AvgIpc) is 2.53. The number of para-hydroxylation sites is 1. The molecule has 108 valence electrons. The molecule has 2 heterocycles. The van der Waals surface area contributed by atoms with Gasteiger partial charge in [0.2, 0.25) is 0 Å². The largest absolute Gasteiger partial charge is 0.505 e. The molecule has 1 aromatic carbocycles. The Hall–Kier alpha value is -2.40. The van der Waals surface area contributed by atoms with Gasteiger partial charge >= 0.3 is 0 Å². The highest BCUT2D eigenvalue weighted by Crippen LogP contribution is 2.34. The zero-order chi connectivity index (χ0) is 14.8. The summed E-state index contributed by atoms with van der Waals surface area (Å²) in [5, 5.41) is 13.1. The molecule has 5 nitrogen and oxygen atoms in total. The van der Waals surface area contributed by atoms with Crippen LogP contribution in [0.25, 0.3) is 0 Å². The lowest BCUT2D eigenvalue weighted by atomic mass is 9.96. The number of hydrogen-bond donors (Lipinski definition) is 2. The number of pyridine rings is 1. The number of rotatable bonds is 2. The Morgan fingerprint density at radius 3 is 2.95 bits per heavy atom. The van der Waals surface area contributed by atoms with Crippen molar-refractivity contribution in [2.75, 3.05) is 18.5 Å². The smallest absolute Gasteiger partial charge is 0.262 e. The molecule has 5 heteroatoms. The third-order valence-electron chi connectivity index (χ3n) is 3.87. The van der Waals surface area contributed by atoms with Crippen LogP contribution < -0.4 is 10.2 Å². The van der Waals surface area contributed by atoms with Gasteiger partial charge in [-0.05, 0) is 31.2 Å². The highest BCUT2D eigenvalue weighted by molar-refractivity contribution is 6.08. The number of carbonyl (C=O) groups excluding carboxylic acids is 1. The zero-order valence-corrected chi connectivity index (χ0v) is 11.8. The van der Waals surface area contributed by atoms with E-state index in [4.69, 9.17) is 0 Å². The molecule has 3 rings (SSSR count). The van der Waals surface area contributed by atoms with E-state index < -0.39 is 0 Å². The van der Waals surface area contributed by atoms with Gasteiger partial charge < -0.3 is 15.3 Å². The standard InChI is InChI=1S/C16H17N3O2/c1-17-13-7-9-19(14-5-3-2-4-11(13)14)16(21)12-6-8-18-10-15(12)20/h2-6,8,10,13,17,20H,7,9H2,1H3. The number of fused-ring (bicyclic) bond motifs is 1. The van der Waals surface area contributed by atoms with Crippen molar-refractivity contribution in [1.82, 2.24) is 10.3 Å². The normalized spacial score (nSPS) is 17.4. The van der Waals surface area contributed by atoms with Crippen LogP contribution in [0.5, 0.6) is 5.75 Å². The summed E-state index contributed by atoms with van der Waals surface area (Å²) in [7, 11) is 1.92. The second-order valence-electron chi connectivity index (χ2n) is 5.04. The van der Waals surface area contributed by atoms with E-state index >= 15 is 0 Å². The van der Waals surface area contributed by atoms with E-state index in [2.05, 4.69) is 10.3 Å². The molecule has 2 N–H and O–H groups in total. The molecule has 0 saturated carbocycles. The maximum absolute atomic E-state index is 12.7. The average molecular weight is 283 g/mol. The summed E-state index contributed by atoms with van der Waals surface area (Å²) < 4.78 is 0. The fourth-order valence-corrected chi connectivity index (χ4v) is 2.79. The summed E-state index contributed by atoms with van der Waals surface area (Å²) in [6.07, 6.45) is 3.64. The lowest BCUT2D eigenvalue weighted by Gasteiger charge is -2.34. The second-order valence-corrected chi connectivity index (χ2v) is 5.04. The van der Waals surface area contributed by atoms with E-state index in [0.717, 1.165) is 17.7 Å². The Kier molecular flexibility index (Phi) is 3.58. The van der Waals surface area contributed by atoms with Gasteiger partial charge in [-0.3, -0.25) is 9.78 Å². The number of aromatic hydroxyl groups is 1. The van der Waals surface area contributed by atoms with E-state index in [1.54, 1.807) is 11.0 Å². The van der Waals surface area contributed by atoms with Crippen LogP contribution in [0, 0.1) is 0 Å². The van der Waals surface area contributed by atoms with Crippen molar-refractivity contribution in [3.63, 3.8) is 0 Å². The Morgan fingerprint density at radius 1 is 1.38 bits per heavy atom. The summed E-state index contributed by atoms with van der Waals surface area (Å²) in [5.74, 6) is -0.285. The monoisotopic (exact) mass is 283 g/mol. The molecule has 0 saturated heterocycles. The molecule has 1 amide bonds. The van der Waals surface area contributed by atoms with E-state index in [-0.39, 0.29) is 23.3 Å². The van der Waals surface area contributed by atoms with Crippen molar-refractivity contribution in [2.24, 2.45) is 0 Å². The molecule has 1 atom stereocenters. The quantitative estimate of drug-likeness (QED) is 0.886. The summed E-state index contributed by atoms with van der Waals surface area (Å²) >= 11 is 0. The molecule has 1 aliphatic heterocycles. The first-order valence-corrected chi connectivity index (χ1v) is 6.93. The van der Waals surface area contributed by atoms with Crippen molar-refractivity contribution in [3.05, 3.63) is 53.9 Å². The van der Waals surface area contributed by atoms with Crippen LogP contribution in [0.1, 0.15) is 28.4 Å². The van der Waals surface area contributed by atoms with Gasteiger partial charge in [0, 0.05) is 24.5 Å². The fraction of sp³-hybridized carbons (Fsp3) is 0.250. The van der Waals surface area contributed by atoms with Crippen LogP contribution in [0.3, 0.4) is 0 Å². The molecule has 0 radical (unpaired) electrons. The van der Waals surface area contributed by atoms with Gasteiger partial charge in [-0.2, -0.15) is 0 Å². The topological polar surface area (TPSA) is 65.5 Å². The number of aromatic nitrogens is 1. The number of nitrogens with zero attached hydrogens (tertiary/aromatic N) is 2. The van der Waals surface area contributed by atoms with E-state index in [9.17, 15) is 9.90 Å². The minimum absolute atomic E-state index is 0.0873. The maximum atomic E-state index is 12.7. The molecule has 0 aliphatic carbocycles. The SMILES string of the molecule is CNC1CCN(C(=O)c2ccncc2O)c2ccccc21. The number of nitrogens with one attached hydrogen (secondary N) is 1. The molecular formula is C16H17N3O2. The summed E-state index contributed by atoms with van der Waals surface area (Å²) in [5.41, 5.74) is 2.28. The molecule has 0 spiro atoms. The fourth-order valence-electron chi connectivity index (χ4n) is 2.79. The van der Waals surface area contributed by atoms with Crippen molar-refractivity contribution >= 4 is 11.6 Å². The van der Waals surface area contributed by atoms with E-state index in [0.29, 0.717) is 6.54 Å². The molecule has 1 aromatic heterocycles. The van der Waals surface area contributed by atoms with Crippen LogP contribution in [0.2, 0.25) is 0 Å². The molecule has 0 bridgehead atoms. The minimum atomic E-state index is -0.197. The van der Waals surface area contributed by atoms with Crippen LogP contribution in [0.15, 0.2) is 42.7 Å². The van der Waals surface area contributed by atoms with E-state index in [1.807, 2.05) is 31.3 Å². The van der Waals surface area contributed by atoms with Gasteiger partial charge in [-0.25, -0.2) is 0 Å². The molecule has 0 fully saturated rings. The van der Waals surface area contributed by atoms with Gasteiger partial charge in [0.1, 0.15) is 5.75 Å². The van der Waals surface area contributed by atoms with Crippen LogP contribution in [0.4, 0.5) is 5.69 Å². The van der Waals surface area contributed by atoms with Crippen LogP contribution in [-0.4, -0.2) is 29.6 Å². The Balaban J connectivity index is 2.01. The highest BCUT2D eigenvalue weighted by atomic mass is 16.3. The van der Waals surface area contributed by atoms with Crippen molar-refractivity contribution in [3.8, 4) is 5.75 Å². The first kappa shape index (κ1) is 13.6. The number of hydrogen-bond acceptors (Lipinski definition) is 4. The maximum Gasteiger partial charge on any atom is 0.262 e. The number of amides is 1. The lowest BCUT2D eigenvalue weighted by molar-refractivity contribution is 0.0981. The van der Waals surface area contributed by atoms with E-state index in [1.165, 1.54) is 12.4 Å². The summed E-state index contributed by atoms with van der Waals surface area (Å²) in [6.45, 7) is 0.614. The Morgan fingerprint density at radius 2 is 2.19 bits per heavy atom. The van der Waals surface area contributed by atoms with Crippen molar-refractivity contribution in [2.45, 2.75) is 12.5 Å². The molecule has 1 unspecified atom stereocenters. The second kappa shape index (κ2) is 5.54. The third kappa shape index (κ3) is 2.36. The highest BCUT2D eigenvalue weighted by Gasteiger charge is 2.29. The van der Waals surface area contributed by atoms with Crippen LogP contribution in [-0.2, 0) is 0 Å². The first-order chi connectivity index (χ1) is 10.2. The molecular weight excluding hydrogens is 266 g/mol. The van der Waals surface area contributed by atoms with Gasteiger partial charge in [-0.1, -0.05) is 18.2 Å². The van der Waals surface area contributed by atoms with Gasteiger partial charge in [0.05, 0.1) is 11.8 Å². The molecule has 1 aliphatic rings. The third-order valence-corrected chi connectivity index (χ3v) is 3.87. The van der Waals surface area contributed by atoms with Crippen LogP contribution >= 0.6 is 0 Å². The van der Waals surface area contributed by atoms with Crippen molar-refractivity contribution < 1.29 is 9.90 Å². The Bertz CT molecular complexity index is 672. The molecule has 21 heavy (non-hydrogen) atoms. The van der Waals surface area contributed by atoms with Gasteiger partial charge in [0.25, 0.3) is 5.91 Å². The zero-order valence-electron chi connectivity index (χ0n) is 11.8. The van der Waals surface area contributed by atoms with Crippen molar-refractivity contribution in [1.29, 1.82) is 0 Å². The Labute approximate surface area is 123 Å². The number of benzene rings is 1. The van der Waals surface area contributed by atoms with Gasteiger partial charge in [0.15, 0.2) is 0 Å². The lowest BCUT2D eigenvalue weighted by Crippen LogP contribution is -2.39. The predicted molar refractivity (Wildman–Crippen MR) is 80.4 cm³/mol. The predicted octanol–water partition coefficient (Wildman–Crippen LogP) is 2.10. The first-order valence-electron chi connectivity index (χ1n) is 6.93. The summed E-state index contributed by atoms with van der Waals surface area (Å²) in [4.78, 5) is 18.2. The molecule has 2 aromatic rings. The minimum Gasteiger partial charge on any atom is -0.505 e. The summed E-state index contributed by atoms with van der Waals surface area (Å²) in [6, 6.07) is 9.66. The number of carbonyl (C=O) groups is 1. The van der Waals surface area contributed by atoms with Gasteiger partial charge in [-0.15, -0.1) is 0 Å². The number of anilines is 1.